The minimum absolute atomic E-state index is 0.169. The number of aryl methyl sites for hydroxylation is 1. The van der Waals surface area contributed by atoms with Gasteiger partial charge < -0.3 is 9.47 Å². The van der Waals surface area contributed by atoms with Gasteiger partial charge in [-0.1, -0.05) is 36.4 Å². The molecule has 0 radical (unpaired) electrons. The fourth-order valence-corrected chi connectivity index (χ4v) is 2.12. The van der Waals surface area contributed by atoms with Crippen molar-refractivity contribution in [3.63, 3.8) is 0 Å². The molecule has 0 saturated carbocycles. The summed E-state index contributed by atoms with van der Waals surface area (Å²) >= 11 is 0. The molecule has 2 aromatic carbocycles. The Hall–Kier alpha value is -2.82. The summed E-state index contributed by atoms with van der Waals surface area (Å²) in [6.45, 7) is 2.15. The summed E-state index contributed by atoms with van der Waals surface area (Å²) < 4.78 is 11.1. The van der Waals surface area contributed by atoms with Gasteiger partial charge in [0, 0.05) is 0 Å². The zero-order chi connectivity index (χ0) is 15.4. The highest BCUT2D eigenvalue weighted by molar-refractivity contribution is 5.85. The summed E-state index contributed by atoms with van der Waals surface area (Å²) in [4.78, 5) is 12.1. The van der Waals surface area contributed by atoms with Gasteiger partial charge in [-0.3, -0.25) is 4.79 Å². The summed E-state index contributed by atoms with van der Waals surface area (Å²) in [5.74, 6) is 0.881. The van der Waals surface area contributed by atoms with Gasteiger partial charge in [0.05, 0.1) is 6.21 Å². The highest BCUT2D eigenvalue weighted by Gasteiger charge is 2.26. The molecule has 2 aromatic rings. The van der Waals surface area contributed by atoms with Crippen LogP contribution in [0.5, 0.6) is 11.5 Å². The van der Waals surface area contributed by atoms with Crippen LogP contribution in [0.4, 0.5) is 0 Å². The number of ether oxygens (including phenoxy) is 2. The van der Waals surface area contributed by atoms with Gasteiger partial charge in [-0.25, -0.2) is 5.43 Å². The number of hydrogen-bond acceptors (Lipinski definition) is 4. The fourth-order valence-electron chi connectivity index (χ4n) is 2.12. The number of hydrazone groups is 1. The molecule has 1 unspecified atom stereocenters. The molecule has 1 amide bonds. The molecule has 112 valence electrons. The Morgan fingerprint density at radius 2 is 1.91 bits per heavy atom. The highest BCUT2D eigenvalue weighted by Crippen LogP contribution is 2.30. The SMILES string of the molecule is Cc1ccccc1/C=N/NC(=O)C1COc2ccccc2O1. The molecule has 1 heterocycles. The van der Waals surface area contributed by atoms with E-state index in [0.29, 0.717) is 11.5 Å². The van der Waals surface area contributed by atoms with Crippen molar-refractivity contribution in [1.82, 2.24) is 5.43 Å². The maximum absolute atomic E-state index is 12.1. The van der Waals surface area contributed by atoms with Crippen LogP contribution < -0.4 is 14.9 Å². The smallest absolute Gasteiger partial charge is 0.284 e. The minimum Gasteiger partial charge on any atom is -0.485 e. The molecular formula is C17H16N2O3. The third kappa shape index (κ3) is 3.09. The Balaban J connectivity index is 1.60. The first-order valence-corrected chi connectivity index (χ1v) is 7.01. The van der Waals surface area contributed by atoms with Crippen LogP contribution >= 0.6 is 0 Å². The standard InChI is InChI=1S/C17H16N2O3/c1-12-6-2-3-7-13(12)10-18-19-17(20)16-11-21-14-8-4-5-9-15(14)22-16/h2-10,16H,11H2,1H3,(H,19,20)/b18-10+. The van der Waals surface area contributed by atoms with Crippen LogP contribution in [-0.2, 0) is 4.79 Å². The molecule has 5 nitrogen and oxygen atoms in total. The summed E-state index contributed by atoms with van der Waals surface area (Å²) in [5, 5.41) is 3.97. The van der Waals surface area contributed by atoms with Gasteiger partial charge in [0.1, 0.15) is 6.61 Å². The molecule has 0 fully saturated rings. The zero-order valence-electron chi connectivity index (χ0n) is 12.2. The number of nitrogens with one attached hydrogen (secondary N) is 1. The molecule has 0 aliphatic carbocycles. The maximum Gasteiger partial charge on any atom is 0.284 e. The lowest BCUT2D eigenvalue weighted by Gasteiger charge is -2.24. The van der Waals surface area contributed by atoms with Crippen LogP contribution in [0.1, 0.15) is 11.1 Å². The Labute approximate surface area is 128 Å². The van der Waals surface area contributed by atoms with Crippen LogP contribution in [0.25, 0.3) is 0 Å². The van der Waals surface area contributed by atoms with Crippen molar-refractivity contribution in [3.05, 3.63) is 59.7 Å². The zero-order valence-corrected chi connectivity index (χ0v) is 12.2. The molecule has 5 heteroatoms. The summed E-state index contributed by atoms with van der Waals surface area (Å²) in [5.41, 5.74) is 4.53. The first-order chi connectivity index (χ1) is 10.7. The van der Waals surface area contributed by atoms with Gasteiger partial charge in [-0.15, -0.1) is 0 Å². The van der Waals surface area contributed by atoms with E-state index in [0.717, 1.165) is 11.1 Å². The van der Waals surface area contributed by atoms with Gasteiger partial charge in [0.2, 0.25) is 6.10 Å². The Kier molecular flexibility index (Phi) is 4.05. The number of nitrogens with zero attached hydrogens (tertiary/aromatic N) is 1. The van der Waals surface area contributed by atoms with E-state index in [1.54, 1.807) is 18.3 Å². The van der Waals surface area contributed by atoms with Crippen molar-refractivity contribution in [2.75, 3.05) is 6.61 Å². The van der Waals surface area contributed by atoms with Gasteiger partial charge in [-0.05, 0) is 30.2 Å². The Bertz CT molecular complexity index is 713. The molecule has 1 aliphatic rings. The number of benzene rings is 2. The van der Waals surface area contributed by atoms with Crippen LogP contribution in [0.3, 0.4) is 0 Å². The normalized spacial score (nSPS) is 16.5. The van der Waals surface area contributed by atoms with E-state index in [9.17, 15) is 4.79 Å². The lowest BCUT2D eigenvalue weighted by atomic mass is 10.1. The van der Waals surface area contributed by atoms with E-state index in [-0.39, 0.29) is 12.5 Å². The van der Waals surface area contributed by atoms with Crippen molar-refractivity contribution < 1.29 is 14.3 Å². The number of fused-ring (bicyclic) bond motifs is 1. The van der Waals surface area contributed by atoms with E-state index in [1.807, 2.05) is 43.3 Å². The first kappa shape index (κ1) is 14.1. The van der Waals surface area contributed by atoms with Crippen molar-refractivity contribution in [1.29, 1.82) is 0 Å². The molecule has 0 aromatic heterocycles. The monoisotopic (exact) mass is 296 g/mol. The largest absolute Gasteiger partial charge is 0.485 e. The van der Waals surface area contributed by atoms with E-state index in [2.05, 4.69) is 10.5 Å². The number of carbonyl (C=O) groups excluding carboxylic acids is 1. The highest BCUT2D eigenvalue weighted by atomic mass is 16.6. The molecule has 1 aliphatic heterocycles. The molecule has 1 atom stereocenters. The topological polar surface area (TPSA) is 59.9 Å². The lowest BCUT2D eigenvalue weighted by molar-refractivity contribution is -0.130. The predicted molar refractivity (Wildman–Crippen MR) is 83.3 cm³/mol. The van der Waals surface area contributed by atoms with Gasteiger partial charge in [0.15, 0.2) is 11.5 Å². The predicted octanol–water partition coefficient (Wildman–Crippen LogP) is 2.29. The average Bonchev–Trinajstić information content (AvgIpc) is 2.56. The van der Waals surface area contributed by atoms with Crippen molar-refractivity contribution in [2.24, 2.45) is 5.10 Å². The third-order valence-corrected chi connectivity index (χ3v) is 3.37. The van der Waals surface area contributed by atoms with E-state index in [4.69, 9.17) is 9.47 Å². The van der Waals surface area contributed by atoms with Gasteiger partial charge >= 0.3 is 0 Å². The first-order valence-electron chi connectivity index (χ1n) is 7.01. The Morgan fingerprint density at radius 3 is 2.73 bits per heavy atom. The number of carbonyl (C=O) groups is 1. The van der Waals surface area contributed by atoms with Crippen LogP contribution in [0.15, 0.2) is 53.6 Å². The lowest BCUT2D eigenvalue weighted by Crippen LogP contribution is -2.42. The minimum atomic E-state index is -0.705. The second-order valence-electron chi connectivity index (χ2n) is 4.96. The van der Waals surface area contributed by atoms with E-state index in [1.165, 1.54) is 0 Å². The van der Waals surface area contributed by atoms with Crippen LogP contribution in [0.2, 0.25) is 0 Å². The van der Waals surface area contributed by atoms with Gasteiger partial charge in [0.25, 0.3) is 5.91 Å². The van der Waals surface area contributed by atoms with Crippen LogP contribution in [0, 0.1) is 6.92 Å². The second-order valence-corrected chi connectivity index (χ2v) is 4.96. The second kappa shape index (κ2) is 6.30. The summed E-state index contributed by atoms with van der Waals surface area (Å²) in [6.07, 6.45) is 0.911. The fraction of sp³-hybridized carbons (Fsp3) is 0.176. The van der Waals surface area contributed by atoms with Crippen molar-refractivity contribution in [3.8, 4) is 11.5 Å². The molecule has 0 saturated heterocycles. The summed E-state index contributed by atoms with van der Waals surface area (Å²) in [6, 6.07) is 15.1. The summed E-state index contributed by atoms with van der Waals surface area (Å²) in [7, 11) is 0. The molecule has 1 N–H and O–H groups in total. The van der Waals surface area contributed by atoms with Crippen molar-refractivity contribution in [2.45, 2.75) is 13.0 Å². The number of para-hydroxylation sites is 2. The molecule has 0 spiro atoms. The number of rotatable bonds is 3. The van der Waals surface area contributed by atoms with Gasteiger partial charge in [-0.2, -0.15) is 5.10 Å². The number of hydrogen-bond donors (Lipinski definition) is 1. The molecule has 22 heavy (non-hydrogen) atoms. The molecular weight excluding hydrogens is 280 g/mol. The molecule has 0 bridgehead atoms. The van der Waals surface area contributed by atoms with Crippen LogP contribution in [-0.4, -0.2) is 24.8 Å². The van der Waals surface area contributed by atoms with E-state index >= 15 is 0 Å². The van der Waals surface area contributed by atoms with E-state index < -0.39 is 6.10 Å². The maximum atomic E-state index is 12.1. The van der Waals surface area contributed by atoms with Crippen molar-refractivity contribution >= 4 is 12.1 Å². The molecule has 3 rings (SSSR count). The quantitative estimate of drug-likeness (QED) is 0.698. The average molecular weight is 296 g/mol. The Morgan fingerprint density at radius 1 is 1.18 bits per heavy atom. The third-order valence-electron chi connectivity index (χ3n) is 3.37. The number of amides is 1.